The van der Waals surface area contributed by atoms with Crippen LogP contribution in [0.5, 0.6) is 0 Å². The van der Waals surface area contributed by atoms with E-state index in [4.69, 9.17) is 0 Å². The minimum Gasteiger partial charge on any atom is -0.310 e. The first kappa shape index (κ1) is 32.7. The third-order valence-electron chi connectivity index (χ3n) is 11.4. The monoisotopic (exact) mass is 704 g/mol. The lowest BCUT2D eigenvalue weighted by atomic mass is 9.72. The number of rotatable bonds is 6. The van der Waals surface area contributed by atoms with E-state index in [1.807, 2.05) is 0 Å². The van der Waals surface area contributed by atoms with Gasteiger partial charge in [-0.3, -0.25) is 0 Å². The van der Waals surface area contributed by atoms with Gasteiger partial charge >= 0.3 is 0 Å². The van der Waals surface area contributed by atoms with Gasteiger partial charge in [0.25, 0.3) is 0 Å². The van der Waals surface area contributed by atoms with Gasteiger partial charge in [0, 0.05) is 33.4 Å². The van der Waals surface area contributed by atoms with Crippen LogP contribution in [0.3, 0.4) is 0 Å². The molecule has 1 aliphatic rings. The average Bonchev–Trinajstić information content (AvgIpc) is 3.25. The maximum Gasteiger partial charge on any atom is 0.0618 e. The second-order valence-corrected chi connectivity index (χ2v) is 15.0. The first-order chi connectivity index (χ1) is 27.0. The van der Waals surface area contributed by atoms with E-state index in [1.165, 1.54) is 72.0 Å². The summed E-state index contributed by atoms with van der Waals surface area (Å²) >= 11 is 0. The summed E-state index contributed by atoms with van der Waals surface area (Å²) in [5, 5.41) is 4.89. The number of nitrogens with zero attached hydrogens (tertiary/aromatic N) is 2. The van der Waals surface area contributed by atoms with Crippen molar-refractivity contribution in [2.45, 2.75) is 19.3 Å². The summed E-state index contributed by atoms with van der Waals surface area (Å²) in [6, 6.07) is 75.2. The fourth-order valence-electron chi connectivity index (χ4n) is 8.61. The summed E-state index contributed by atoms with van der Waals surface area (Å²) in [5.41, 5.74) is 14.2. The maximum absolute atomic E-state index is 2.53. The normalized spacial score (nSPS) is 13.0. The van der Waals surface area contributed by atoms with Crippen LogP contribution in [0.25, 0.3) is 43.8 Å². The molecule has 0 N–H and O–H groups in total. The second-order valence-electron chi connectivity index (χ2n) is 15.0. The summed E-state index contributed by atoms with van der Waals surface area (Å²) in [5.74, 6) is 0. The van der Waals surface area contributed by atoms with Crippen LogP contribution in [-0.4, -0.2) is 0 Å². The van der Waals surface area contributed by atoms with Crippen molar-refractivity contribution < 1.29 is 0 Å². The highest BCUT2D eigenvalue weighted by Crippen LogP contribution is 2.55. The fourth-order valence-corrected chi connectivity index (χ4v) is 8.61. The summed E-state index contributed by atoms with van der Waals surface area (Å²) in [6.07, 6.45) is 0. The molecule has 2 nitrogen and oxygen atoms in total. The Kier molecular flexibility index (Phi) is 7.85. The van der Waals surface area contributed by atoms with Gasteiger partial charge in [0.05, 0.1) is 17.1 Å². The Morgan fingerprint density at radius 2 is 0.964 bits per heavy atom. The molecule has 0 aromatic heterocycles. The van der Waals surface area contributed by atoms with Crippen LogP contribution in [-0.2, 0) is 5.41 Å². The molecular weight excluding hydrogens is 665 g/mol. The highest BCUT2D eigenvalue weighted by molar-refractivity contribution is 6.07. The molecule has 0 amide bonds. The number of hydrogen-bond acceptors (Lipinski definition) is 2. The molecule has 0 aliphatic carbocycles. The van der Waals surface area contributed by atoms with Crippen molar-refractivity contribution in [1.82, 2.24) is 0 Å². The molecule has 0 atom stereocenters. The van der Waals surface area contributed by atoms with Crippen LogP contribution in [0, 0.1) is 0 Å². The quantitative estimate of drug-likeness (QED) is 0.170. The van der Waals surface area contributed by atoms with Gasteiger partial charge < -0.3 is 9.80 Å². The zero-order chi connectivity index (χ0) is 36.9. The number of fused-ring (bicyclic) bond motifs is 4. The van der Waals surface area contributed by atoms with Crippen LogP contribution in [0.2, 0.25) is 0 Å². The van der Waals surface area contributed by atoms with Gasteiger partial charge in [-0.2, -0.15) is 0 Å². The zero-order valence-electron chi connectivity index (χ0n) is 31.0. The lowest BCUT2D eigenvalue weighted by Crippen LogP contribution is -2.31. The summed E-state index contributed by atoms with van der Waals surface area (Å²) < 4.78 is 0. The smallest absolute Gasteiger partial charge is 0.0618 e. The fraction of sp³-hybridized carbons (Fsp3) is 0.0566. The zero-order valence-corrected chi connectivity index (χ0v) is 31.0. The van der Waals surface area contributed by atoms with Crippen LogP contribution < -0.4 is 9.80 Å². The Morgan fingerprint density at radius 3 is 1.76 bits per heavy atom. The minimum absolute atomic E-state index is 0.205. The highest BCUT2D eigenvalue weighted by Gasteiger charge is 2.38. The topological polar surface area (TPSA) is 6.48 Å². The van der Waals surface area contributed by atoms with Gasteiger partial charge in [-0.25, -0.2) is 0 Å². The van der Waals surface area contributed by atoms with E-state index in [0.29, 0.717) is 0 Å². The molecule has 1 aliphatic heterocycles. The predicted molar refractivity (Wildman–Crippen MR) is 234 cm³/mol. The number of hydrogen-bond donors (Lipinski definition) is 0. The van der Waals surface area contributed by atoms with Gasteiger partial charge in [0.2, 0.25) is 0 Å². The Labute approximate surface area is 323 Å². The van der Waals surface area contributed by atoms with Crippen molar-refractivity contribution >= 4 is 55.7 Å². The molecule has 2 heteroatoms. The molecule has 0 radical (unpaired) electrons. The molecule has 9 aromatic rings. The lowest BCUT2D eigenvalue weighted by molar-refractivity contribution is 0.632. The molecule has 9 aromatic carbocycles. The third-order valence-corrected chi connectivity index (χ3v) is 11.4. The Hall–Kier alpha value is -6.90. The Bertz CT molecular complexity index is 2840. The van der Waals surface area contributed by atoms with Crippen LogP contribution in [0.4, 0.5) is 34.1 Å². The molecule has 0 unspecified atom stereocenters. The molecule has 0 fully saturated rings. The summed E-state index contributed by atoms with van der Waals surface area (Å²) in [6.45, 7) is 4.74. The van der Waals surface area contributed by atoms with E-state index in [9.17, 15) is 0 Å². The van der Waals surface area contributed by atoms with Crippen molar-refractivity contribution in [2.24, 2.45) is 0 Å². The van der Waals surface area contributed by atoms with Gasteiger partial charge in [-0.1, -0.05) is 166 Å². The third kappa shape index (κ3) is 5.57. The van der Waals surface area contributed by atoms with E-state index in [2.05, 4.69) is 230 Å². The first-order valence-corrected chi connectivity index (χ1v) is 19.1. The van der Waals surface area contributed by atoms with Crippen LogP contribution >= 0.6 is 0 Å². The lowest BCUT2D eigenvalue weighted by Gasteiger charge is -2.43. The number of benzene rings is 9. The summed E-state index contributed by atoms with van der Waals surface area (Å²) in [4.78, 5) is 4.88. The van der Waals surface area contributed by atoms with Crippen LogP contribution in [0.15, 0.2) is 206 Å². The molecular formula is C53H40N2. The maximum atomic E-state index is 2.53. The first-order valence-electron chi connectivity index (χ1n) is 19.1. The van der Waals surface area contributed by atoms with Gasteiger partial charge in [0.15, 0.2) is 0 Å². The van der Waals surface area contributed by atoms with E-state index in [0.717, 1.165) is 17.1 Å². The minimum atomic E-state index is -0.205. The van der Waals surface area contributed by atoms with Gasteiger partial charge in [0.1, 0.15) is 0 Å². The van der Waals surface area contributed by atoms with Crippen molar-refractivity contribution in [2.75, 3.05) is 9.80 Å². The largest absolute Gasteiger partial charge is 0.310 e. The van der Waals surface area contributed by atoms with Crippen LogP contribution in [0.1, 0.15) is 25.0 Å². The van der Waals surface area contributed by atoms with Gasteiger partial charge in [-0.15, -0.1) is 0 Å². The van der Waals surface area contributed by atoms with Crippen molar-refractivity contribution in [3.63, 3.8) is 0 Å². The molecule has 10 rings (SSSR count). The number of anilines is 6. The Balaban J connectivity index is 1.16. The molecule has 262 valence electrons. The predicted octanol–water partition coefficient (Wildman–Crippen LogP) is 14.9. The Morgan fingerprint density at radius 1 is 0.382 bits per heavy atom. The molecule has 55 heavy (non-hydrogen) atoms. The molecule has 1 heterocycles. The van der Waals surface area contributed by atoms with Crippen molar-refractivity contribution in [3.05, 3.63) is 217 Å². The van der Waals surface area contributed by atoms with Crippen molar-refractivity contribution in [1.29, 1.82) is 0 Å². The average molecular weight is 705 g/mol. The molecule has 0 spiro atoms. The molecule has 0 saturated carbocycles. The number of para-hydroxylation sites is 2. The molecule has 0 bridgehead atoms. The SMILES string of the molecule is CC1(C)c2ccccc2N(c2c(-c3ccc(N(c4ccccc4)c4ccc5ccccc5c4)cc3)ccc3ccccc23)c2ccc(-c3ccccc3)cc21. The standard InChI is InChI=1S/C53H40N2/c1-53(2)48-23-13-14-24-50(48)55(51-34-29-42(36-49(51)53)37-15-5-3-6-16-37)52-46-22-12-11-18-39(46)28-33-47(52)40-26-30-44(31-27-40)54(43-20-7-4-8-21-43)45-32-25-38-17-9-10-19-41(38)35-45/h3-36H,1-2H3. The van der Waals surface area contributed by atoms with E-state index in [-0.39, 0.29) is 5.41 Å². The van der Waals surface area contributed by atoms with E-state index in [1.54, 1.807) is 0 Å². The van der Waals surface area contributed by atoms with E-state index >= 15 is 0 Å². The van der Waals surface area contributed by atoms with E-state index < -0.39 is 0 Å². The van der Waals surface area contributed by atoms with Gasteiger partial charge in [-0.05, 0) is 98.6 Å². The second kappa shape index (κ2) is 13.2. The highest BCUT2D eigenvalue weighted by atomic mass is 15.2. The molecule has 0 saturated heterocycles. The summed E-state index contributed by atoms with van der Waals surface area (Å²) in [7, 11) is 0. The van der Waals surface area contributed by atoms with Crippen molar-refractivity contribution in [3.8, 4) is 22.3 Å².